The molecule has 0 saturated carbocycles. The number of benzene rings is 3. The number of methoxy groups -OCH3 is 1. The fraction of sp³-hybridized carbons (Fsp3) is 0.0500. The fourth-order valence-electron chi connectivity index (χ4n) is 3.31. The first-order chi connectivity index (χ1) is 16.6. The van der Waals surface area contributed by atoms with Crippen molar-refractivity contribution in [3.63, 3.8) is 0 Å². The molecule has 0 bridgehead atoms. The number of amidine groups is 1. The zero-order valence-corrected chi connectivity index (χ0v) is 18.6. The molecule has 15 heteroatoms. The molecule has 0 aromatic heterocycles. The van der Waals surface area contributed by atoms with E-state index in [0.29, 0.717) is 5.69 Å². The third-order valence-corrected chi connectivity index (χ3v) is 5.82. The van der Waals surface area contributed by atoms with E-state index >= 15 is 0 Å². The van der Waals surface area contributed by atoms with Crippen molar-refractivity contribution in [2.75, 3.05) is 17.3 Å². The van der Waals surface area contributed by atoms with Gasteiger partial charge in [-0.3, -0.25) is 30.2 Å². The summed E-state index contributed by atoms with van der Waals surface area (Å²) in [4.78, 5) is 20.7. The molecule has 1 heterocycles. The molecule has 14 nitrogen and oxygen atoms in total. The first kappa shape index (κ1) is 23.4. The normalized spacial score (nSPS) is 13.3. The number of ether oxygens (including phenoxy) is 1. The second-order valence-corrected chi connectivity index (χ2v) is 8.41. The van der Waals surface area contributed by atoms with Gasteiger partial charge in [-0.2, -0.15) is 18.7 Å². The molecule has 1 aliphatic heterocycles. The topological polar surface area (TPSA) is 181 Å². The van der Waals surface area contributed by atoms with Gasteiger partial charge >= 0.3 is 0 Å². The molecule has 3 aromatic carbocycles. The van der Waals surface area contributed by atoms with Crippen molar-refractivity contribution in [3.05, 3.63) is 92.5 Å². The summed E-state index contributed by atoms with van der Waals surface area (Å²) in [6, 6.07) is 14.7. The average molecular weight is 500 g/mol. The molecule has 0 aliphatic carbocycles. The molecular formula is C20H16N6O8S. The number of nitrogens with one attached hydrogen (secondary N) is 1. The zero-order chi connectivity index (χ0) is 25.3. The fourth-order valence-corrected chi connectivity index (χ4v) is 4.00. The van der Waals surface area contributed by atoms with E-state index < -0.39 is 24.9 Å². The molecular weight excluding hydrogens is 484 g/mol. The van der Waals surface area contributed by atoms with Crippen molar-refractivity contribution in [3.8, 4) is 5.75 Å². The second kappa shape index (κ2) is 8.88. The summed E-state index contributed by atoms with van der Waals surface area (Å²) >= 11 is 0. The van der Waals surface area contributed by atoms with Crippen molar-refractivity contribution < 1.29 is 27.6 Å². The van der Waals surface area contributed by atoms with Gasteiger partial charge in [0.15, 0.2) is 11.6 Å². The van der Waals surface area contributed by atoms with Gasteiger partial charge in [-0.1, -0.05) is 12.1 Å². The van der Waals surface area contributed by atoms with Crippen LogP contribution < -0.4 is 20.4 Å². The Morgan fingerprint density at radius 2 is 1.60 bits per heavy atom. The van der Waals surface area contributed by atoms with Crippen LogP contribution in [0, 0.1) is 20.2 Å². The molecule has 0 amide bonds. The Morgan fingerprint density at radius 1 is 0.971 bits per heavy atom. The van der Waals surface area contributed by atoms with E-state index in [2.05, 4.69) is 10.5 Å². The van der Waals surface area contributed by atoms with Crippen LogP contribution in [0.3, 0.4) is 0 Å². The Kier molecular flexibility index (Phi) is 5.94. The van der Waals surface area contributed by atoms with E-state index in [0.717, 1.165) is 0 Å². The van der Waals surface area contributed by atoms with Gasteiger partial charge in [0.2, 0.25) is 0 Å². The van der Waals surface area contributed by atoms with Gasteiger partial charge in [-0.05, 0) is 30.3 Å². The van der Waals surface area contributed by atoms with Crippen molar-refractivity contribution >= 4 is 38.7 Å². The SMILES string of the molecule is COc1cc([N+](=O)[O-])ccc1N1NC(c2ccccc2S(=O)(=O)O)=NN1c1ccc([N+](=O)[O-])cc1. The van der Waals surface area contributed by atoms with Crippen LogP contribution in [0.4, 0.5) is 22.7 Å². The summed E-state index contributed by atoms with van der Waals surface area (Å²) < 4.78 is 38.8. The summed E-state index contributed by atoms with van der Waals surface area (Å²) in [6.07, 6.45) is 0. The minimum absolute atomic E-state index is 0.00279. The Balaban J connectivity index is 1.86. The van der Waals surface area contributed by atoms with Crippen LogP contribution in [0.2, 0.25) is 0 Å². The molecule has 0 saturated heterocycles. The lowest BCUT2D eigenvalue weighted by atomic mass is 10.2. The molecule has 0 unspecified atom stereocenters. The Hall–Kier alpha value is -4.76. The van der Waals surface area contributed by atoms with Gasteiger partial charge in [0, 0.05) is 23.8 Å². The summed E-state index contributed by atoms with van der Waals surface area (Å²) in [5.74, 6) is 0.0788. The first-order valence-electron chi connectivity index (χ1n) is 9.69. The van der Waals surface area contributed by atoms with Crippen LogP contribution in [-0.2, 0) is 10.1 Å². The highest BCUT2D eigenvalue weighted by atomic mass is 32.2. The highest BCUT2D eigenvalue weighted by molar-refractivity contribution is 7.86. The van der Waals surface area contributed by atoms with Gasteiger partial charge in [-0.25, -0.2) is 0 Å². The quantitative estimate of drug-likeness (QED) is 0.276. The van der Waals surface area contributed by atoms with Gasteiger partial charge in [-0.15, -0.1) is 5.10 Å². The smallest absolute Gasteiger partial charge is 0.295 e. The van der Waals surface area contributed by atoms with E-state index in [1.165, 1.54) is 78.0 Å². The van der Waals surface area contributed by atoms with Crippen molar-refractivity contribution in [2.45, 2.75) is 4.90 Å². The second-order valence-electron chi connectivity index (χ2n) is 7.02. The zero-order valence-electron chi connectivity index (χ0n) is 17.8. The minimum Gasteiger partial charge on any atom is -0.494 e. The average Bonchev–Trinajstić information content (AvgIpc) is 3.28. The van der Waals surface area contributed by atoms with Crippen molar-refractivity contribution in [1.29, 1.82) is 0 Å². The van der Waals surface area contributed by atoms with Crippen LogP contribution in [0.1, 0.15) is 5.56 Å². The van der Waals surface area contributed by atoms with Gasteiger partial charge in [0.25, 0.3) is 21.5 Å². The lowest BCUT2D eigenvalue weighted by molar-refractivity contribution is -0.385. The van der Waals surface area contributed by atoms with Gasteiger partial charge < -0.3 is 4.74 Å². The van der Waals surface area contributed by atoms with E-state index in [-0.39, 0.29) is 34.2 Å². The number of anilines is 2. The van der Waals surface area contributed by atoms with Crippen LogP contribution in [0.5, 0.6) is 5.75 Å². The molecule has 1 aliphatic rings. The van der Waals surface area contributed by atoms with Crippen LogP contribution >= 0.6 is 0 Å². The highest BCUT2D eigenvalue weighted by Crippen LogP contribution is 2.36. The molecule has 0 radical (unpaired) electrons. The van der Waals surface area contributed by atoms with Gasteiger partial charge in [0.1, 0.15) is 10.6 Å². The number of nitro benzene ring substituents is 2. The number of nitro groups is 2. The van der Waals surface area contributed by atoms with Crippen LogP contribution in [-0.4, -0.2) is 35.8 Å². The van der Waals surface area contributed by atoms with Gasteiger partial charge in [0.05, 0.1) is 28.7 Å². The molecule has 180 valence electrons. The maximum atomic E-state index is 11.9. The summed E-state index contributed by atoms with van der Waals surface area (Å²) in [7, 11) is -3.30. The van der Waals surface area contributed by atoms with Crippen LogP contribution in [0.25, 0.3) is 0 Å². The van der Waals surface area contributed by atoms with Crippen molar-refractivity contribution in [2.24, 2.45) is 5.10 Å². The van der Waals surface area contributed by atoms with E-state index in [4.69, 9.17) is 4.74 Å². The lowest BCUT2D eigenvalue weighted by Crippen LogP contribution is -2.45. The molecule has 2 N–H and O–H groups in total. The maximum absolute atomic E-state index is 11.9. The minimum atomic E-state index is -4.61. The third-order valence-electron chi connectivity index (χ3n) is 4.91. The maximum Gasteiger partial charge on any atom is 0.295 e. The Bertz CT molecular complexity index is 1460. The number of hydrazine groups is 2. The molecule has 0 spiro atoms. The summed E-state index contributed by atoms with van der Waals surface area (Å²) in [5, 5.41) is 29.2. The van der Waals surface area contributed by atoms with E-state index in [1.54, 1.807) is 6.07 Å². The molecule has 3 aromatic rings. The molecule has 0 atom stereocenters. The number of non-ortho nitro benzene ring substituents is 2. The summed E-state index contributed by atoms with van der Waals surface area (Å²) in [5.41, 5.74) is 3.10. The number of rotatable bonds is 7. The monoisotopic (exact) mass is 500 g/mol. The molecule has 35 heavy (non-hydrogen) atoms. The summed E-state index contributed by atoms with van der Waals surface area (Å²) in [6.45, 7) is 0. The number of hydrazone groups is 1. The molecule has 4 rings (SSSR count). The number of hydrogen-bond donors (Lipinski definition) is 2. The lowest BCUT2D eigenvalue weighted by Gasteiger charge is -2.28. The predicted octanol–water partition coefficient (Wildman–Crippen LogP) is 2.87. The molecule has 0 fully saturated rings. The first-order valence-corrected chi connectivity index (χ1v) is 11.1. The number of nitrogens with zero attached hydrogens (tertiary/aromatic N) is 5. The standard InChI is InChI=1S/C20H16N6O8S/c1-34-18-12-15(26(29)30)10-11-17(18)24-22-20(16-4-2-3-5-19(16)35(31,32)33)21-23(24)13-6-8-14(9-7-13)25(27)28/h2-12H,1H3,(H,21,22)(H,31,32,33). The predicted molar refractivity (Wildman–Crippen MR) is 124 cm³/mol. The number of hydrogen-bond acceptors (Lipinski definition) is 11. The Labute approximate surface area is 197 Å². The van der Waals surface area contributed by atoms with Crippen LogP contribution in [0.15, 0.2) is 76.7 Å². The van der Waals surface area contributed by atoms with Crippen molar-refractivity contribution in [1.82, 2.24) is 5.43 Å². The Morgan fingerprint density at radius 3 is 2.20 bits per heavy atom. The van der Waals surface area contributed by atoms with E-state index in [1.807, 2.05) is 0 Å². The largest absolute Gasteiger partial charge is 0.494 e. The third kappa shape index (κ3) is 4.53. The van der Waals surface area contributed by atoms with E-state index in [9.17, 15) is 33.2 Å². The highest BCUT2D eigenvalue weighted by Gasteiger charge is 2.32.